The Hall–Kier alpha value is -3.69. The van der Waals surface area contributed by atoms with E-state index in [4.69, 9.17) is 9.47 Å². The fraction of sp³-hybridized carbons (Fsp3) is 0.500. The summed E-state index contributed by atoms with van der Waals surface area (Å²) in [6.45, 7) is 1.63. The molecule has 0 aliphatic heterocycles. The van der Waals surface area contributed by atoms with Gasteiger partial charge in [0.25, 0.3) is 5.91 Å². The van der Waals surface area contributed by atoms with E-state index in [1.807, 2.05) is 0 Å². The van der Waals surface area contributed by atoms with Gasteiger partial charge in [-0.05, 0) is 88.0 Å². The first kappa shape index (κ1) is 33.7. The second-order valence-electron chi connectivity index (χ2n) is 12.6. The number of anilines is 1. The Labute approximate surface area is 259 Å². The third-order valence-corrected chi connectivity index (χ3v) is 10.6. The van der Waals surface area contributed by atoms with E-state index in [9.17, 15) is 47.7 Å². The number of rotatable bonds is 9. The summed E-state index contributed by atoms with van der Waals surface area (Å²) in [6, 6.07) is 2.09. The molecule has 2 bridgehead atoms. The predicted octanol–water partition coefficient (Wildman–Crippen LogP) is 7.83. The second-order valence-corrected chi connectivity index (χ2v) is 15.0. The molecule has 46 heavy (non-hydrogen) atoms. The lowest BCUT2D eigenvalue weighted by atomic mass is 9.75. The summed E-state index contributed by atoms with van der Waals surface area (Å²) in [5, 5.41) is 14.4. The van der Waals surface area contributed by atoms with Gasteiger partial charge in [0.05, 0.1) is 30.1 Å². The summed E-state index contributed by atoms with van der Waals surface area (Å²) < 4.78 is 107. The Morgan fingerprint density at radius 3 is 2.17 bits per heavy atom. The Morgan fingerprint density at radius 2 is 1.57 bits per heavy atom. The highest BCUT2D eigenvalue weighted by atomic mass is 32.5. The molecule has 254 valence electrons. The molecule has 8 nitrogen and oxygen atoms in total. The molecule has 3 fully saturated rings. The number of nitrogens with one attached hydrogen (secondary N) is 2. The summed E-state index contributed by atoms with van der Waals surface area (Å²) in [6.07, 6.45) is 2.53. The maximum absolute atomic E-state index is 15.0. The van der Waals surface area contributed by atoms with Crippen LogP contribution in [0.3, 0.4) is 0 Å². The molecule has 0 aromatic heterocycles. The van der Waals surface area contributed by atoms with Crippen molar-refractivity contribution in [2.45, 2.75) is 68.9 Å². The third kappa shape index (κ3) is 6.72. The van der Waals surface area contributed by atoms with Crippen molar-refractivity contribution in [3.8, 4) is 11.5 Å². The normalized spacial score (nSPS) is 28.9. The molecular formula is C30H33F7N2O6S. The summed E-state index contributed by atoms with van der Waals surface area (Å²) in [5.74, 6) is -7.32. The van der Waals surface area contributed by atoms with Crippen LogP contribution in [0.25, 0.3) is 0 Å². The van der Waals surface area contributed by atoms with Gasteiger partial charge in [-0.15, -0.1) is 0 Å². The van der Waals surface area contributed by atoms with E-state index < -0.39 is 73.7 Å². The fourth-order valence-electron chi connectivity index (χ4n) is 6.92. The zero-order valence-corrected chi connectivity index (χ0v) is 25.6. The molecule has 0 saturated heterocycles. The lowest BCUT2D eigenvalue weighted by Crippen LogP contribution is -2.48. The van der Waals surface area contributed by atoms with Crippen LogP contribution in [0.5, 0.6) is 11.5 Å². The topological polar surface area (TPSA) is 114 Å². The van der Waals surface area contributed by atoms with Gasteiger partial charge in [0, 0.05) is 17.8 Å². The zero-order valence-electron chi connectivity index (χ0n) is 24.8. The lowest BCUT2D eigenvalue weighted by molar-refractivity contribution is -0.150. The number of hydrogen-bond donors (Lipinski definition) is 3. The van der Waals surface area contributed by atoms with Gasteiger partial charge < -0.3 is 25.2 Å². The average molecular weight is 683 g/mol. The van der Waals surface area contributed by atoms with E-state index in [2.05, 4.69) is 10.6 Å². The molecule has 0 heterocycles. The number of methoxy groups -OCH3 is 1. The van der Waals surface area contributed by atoms with Crippen LogP contribution in [0.2, 0.25) is 0 Å². The smallest absolute Gasteiger partial charge is 0.313 e. The minimum atomic E-state index is -10.4. The molecular weight excluding hydrogens is 649 g/mol. The van der Waals surface area contributed by atoms with E-state index >= 15 is 0 Å². The van der Waals surface area contributed by atoms with Gasteiger partial charge in [-0.1, -0.05) is 19.4 Å². The van der Waals surface area contributed by atoms with E-state index in [-0.39, 0.29) is 41.0 Å². The molecule has 0 unspecified atom stereocenters. The van der Waals surface area contributed by atoms with Crippen molar-refractivity contribution < 1.29 is 57.2 Å². The highest BCUT2D eigenvalue weighted by Crippen LogP contribution is 3.02. The Kier molecular flexibility index (Phi) is 8.01. The first-order chi connectivity index (χ1) is 21.2. The van der Waals surface area contributed by atoms with Gasteiger partial charge in [0.15, 0.2) is 11.6 Å². The van der Waals surface area contributed by atoms with Gasteiger partial charge in [-0.2, -0.15) is 0 Å². The van der Waals surface area contributed by atoms with Crippen LogP contribution in [0.4, 0.5) is 33.9 Å². The van der Waals surface area contributed by atoms with E-state index in [0.717, 1.165) is 18.2 Å². The Morgan fingerprint density at radius 1 is 0.913 bits per heavy atom. The molecule has 0 radical (unpaired) electrons. The van der Waals surface area contributed by atoms with Gasteiger partial charge in [-0.25, -0.2) is 8.78 Å². The van der Waals surface area contributed by atoms with Crippen molar-refractivity contribution in [2.24, 2.45) is 23.2 Å². The summed E-state index contributed by atoms with van der Waals surface area (Å²) >= 11 is 0. The second kappa shape index (κ2) is 10.9. The average Bonchev–Trinajstić information content (AvgIpc) is 3.56. The molecule has 2 amide bonds. The van der Waals surface area contributed by atoms with Crippen molar-refractivity contribution in [2.75, 3.05) is 12.4 Å². The molecule has 3 N–H and O–H groups in total. The highest BCUT2D eigenvalue weighted by molar-refractivity contribution is 8.45. The molecule has 3 aliphatic carbocycles. The number of benzene rings is 2. The van der Waals surface area contributed by atoms with Crippen LogP contribution in [0, 0.1) is 34.8 Å². The molecule has 16 heteroatoms. The summed E-state index contributed by atoms with van der Waals surface area (Å²) in [5.41, 5.74) is -1.72. The number of carbonyl (C=O) groups is 3. The maximum atomic E-state index is 15.0. The van der Waals surface area contributed by atoms with Gasteiger partial charge in [0.1, 0.15) is 16.5 Å². The Bertz CT molecular complexity index is 1580. The van der Waals surface area contributed by atoms with E-state index in [0.29, 0.717) is 44.9 Å². The number of hydrogen-bond acceptors (Lipinski definition) is 5. The van der Waals surface area contributed by atoms with Gasteiger partial charge in [-0.3, -0.25) is 14.4 Å². The molecule has 3 saturated carbocycles. The third-order valence-electron chi connectivity index (χ3n) is 9.48. The zero-order chi connectivity index (χ0) is 33.9. The minimum Gasteiger partial charge on any atom is -0.496 e. The van der Waals surface area contributed by atoms with Crippen molar-refractivity contribution in [3.05, 3.63) is 47.5 Å². The standard InChI is InChI=1S/C30H33F7N2O6S/c1-30(29(42)43)9-7-18(8-10-30)45-23-13-19(22(44-2)14-21(23)32)27(40)39-26-16-4-3-15(11-16)25(26)28(41)38-17-5-6-20(31)24(12-17)46(33,34,35,36)37/h5-6,12-16,18,25-26H,3-4,7-11H2,1-2H3,(H,38,41)(H,39,40)(H,42,43)/t15-,16+,18-,25-,26+,30+/m0/s1. The van der Waals surface area contributed by atoms with Crippen LogP contribution in [-0.4, -0.2) is 42.1 Å². The van der Waals surface area contributed by atoms with Crippen LogP contribution >= 0.6 is 10.2 Å². The van der Waals surface area contributed by atoms with Gasteiger partial charge >= 0.3 is 16.2 Å². The monoisotopic (exact) mass is 682 g/mol. The highest BCUT2D eigenvalue weighted by Gasteiger charge is 2.67. The molecule has 0 spiro atoms. The first-order valence-electron chi connectivity index (χ1n) is 14.6. The number of carboxylic acid groups (broad SMARTS) is 1. The van der Waals surface area contributed by atoms with Gasteiger partial charge in [0.2, 0.25) is 5.91 Å². The number of halogens is 7. The number of aliphatic carboxylic acids is 1. The molecule has 3 aliphatic rings. The van der Waals surface area contributed by atoms with E-state index in [1.54, 1.807) is 6.92 Å². The number of amides is 2. The summed E-state index contributed by atoms with van der Waals surface area (Å²) in [7, 11) is -9.18. The molecule has 2 aromatic rings. The van der Waals surface area contributed by atoms with Crippen LogP contribution in [0.1, 0.15) is 62.2 Å². The van der Waals surface area contributed by atoms with Crippen LogP contribution in [0.15, 0.2) is 35.2 Å². The maximum Gasteiger partial charge on any atom is 0.313 e. The van der Waals surface area contributed by atoms with Crippen molar-refractivity contribution in [1.82, 2.24) is 5.32 Å². The van der Waals surface area contributed by atoms with Crippen molar-refractivity contribution in [3.63, 3.8) is 0 Å². The number of carbonyl (C=O) groups excluding carboxylic acids is 2. The Balaban J connectivity index is 1.34. The molecule has 5 rings (SSSR count). The first-order valence-corrected chi connectivity index (χ1v) is 16.6. The SMILES string of the molecule is COc1cc(F)c(O[C@H]2CC[C@@](C)(C(=O)O)CC2)cc1C(=O)N[C@@H]1[C@@H]2CC[C@@H](C2)[C@@H]1C(=O)Nc1ccc(F)c(S(F)(F)(F)(F)F)c1. The largest absolute Gasteiger partial charge is 0.496 e. The number of ether oxygens (including phenoxy) is 2. The summed E-state index contributed by atoms with van der Waals surface area (Å²) in [4.78, 5) is 35.7. The predicted molar refractivity (Wildman–Crippen MR) is 154 cm³/mol. The lowest BCUT2D eigenvalue weighted by Gasteiger charge is -2.40. The fourth-order valence-corrected chi connectivity index (χ4v) is 7.71. The minimum absolute atomic E-state index is 0.119. The van der Waals surface area contributed by atoms with Crippen LogP contribution in [-0.2, 0) is 9.59 Å². The molecule has 4 atom stereocenters. The quantitative estimate of drug-likeness (QED) is 0.233. The van der Waals surface area contributed by atoms with E-state index in [1.165, 1.54) is 7.11 Å². The van der Waals surface area contributed by atoms with Crippen molar-refractivity contribution in [1.29, 1.82) is 0 Å². The number of fused-ring (bicyclic) bond motifs is 2. The van der Waals surface area contributed by atoms with Crippen molar-refractivity contribution >= 4 is 33.7 Å². The molecule has 2 aromatic carbocycles. The van der Waals surface area contributed by atoms with Crippen LogP contribution < -0.4 is 20.1 Å². The number of carboxylic acids is 1.